The summed E-state index contributed by atoms with van der Waals surface area (Å²) in [5, 5.41) is 10.8. The third-order valence-electron chi connectivity index (χ3n) is 1.79. The SMILES string of the molecule is C=C[N+](C)(C)C.O=C([O-])COc1ccc(Cl)cc1Cl. The largest absolute Gasteiger partial charge is 0.546 e. The molecule has 0 spiro atoms. The van der Waals surface area contributed by atoms with Crippen LogP contribution in [0.3, 0.4) is 0 Å². The highest BCUT2D eigenvalue weighted by molar-refractivity contribution is 6.35. The summed E-state index contributed by atoms with van der Waals surface area (Å²) in [7, 11) is 6.19. The van der Waals surface area contributed by atoms with Gasteiger partial charge in [0.1, 0.15) is 12.4 Å². The van der Waals surface area contributed by atoms with Gasteiger partial charge in [-0.2, -0.15) is 0 Å². The van der Waals surface area contributed by atoms with Crippen molar-refractivity contribution < 1.29 is 19.1 Å². The van der Waals surface area contributed by atoms with E-state index in [0.717, 1.165) is 4.48 Å². The molecular weight excluding hydrogens is 289 g/mol. The van der Waals surface area contributed by atoms with Crippen molar-refractivity contribution in [3.05, 3.63) is 41.0 Å². The van der Waals surface area contributed by atoms with Gasteiger partial charge in [0, 0.05) is 5.02 Å². The zero-order chi connectivity index (χ0) is 15.1. The molecule has 0 fully saturated rings. The Balaban J connectivity index is 0.000000459. The number of carboxylic acids is 1. The number of carboxylic acid groups (broad SMARTS) is 1. The van der Waals surface area contributed by atoms with Gasteiger partial charge in [-0.25, -0.2) is 0 Å². The summed E-state index contributed by atoms with van der Waals surface area (Å²) in [5.74, 6) is -1.03. The maximum Gasteiger partial charge on any atom is 0.138 e. The van der Waals surface area contributed by atoms with Crippen molar-refractivity contribution in [2.24, 2.45) is 0 Å². The predicted molar refractivity (Wildman–Crippen MR) is 75.2 cm³/mol. The molecule has 0 aliphatic heterocycles. The molecule has 0 heterocycles. The lowest BCUT2D eigenvalue weighted by molar-refractivity contribution is -0.816. The maximum atomic E-state index is 10.0. The zero-order valence-electron chi connectivity index (χ0n) is 11.2. The number of carbonyl (C=O) groups is 1. The first-order valence-electron chi connectivity index (χ1n) is 5.38. The molecule has 1 aromatic rings. The number of halogens is 2. The number of hydrogen-bond donors (Lipinski definition) is 0. The van der Waals surface area contributed by atoms with Crippen molar-refractivity contribution in [2.75, 3.05) is 27.7 Å². The van der Waals surface area contributed by atoms with E-state index in [0.29, 0.717) is 5.02 Å². The van der Waals surface area contributed by atoms with Gasteiger partial charge in [-0.1, -0.05) is 23.2 Å². The number of aliphatic carboxylic acids is 1. The van der Waals surface area contributed by atoms with Gasteiger partial charge in [-0.05, 0) is 24.8 Å². The molecule has 1 rings (SSSR count). The van der Waals surface area contributed by atoms with Crippen LogP contribution in [0.15, 0.2) is 31.0 Å². The molecule has 106 valence electrons. The van der Waals surface area contributed by atoms with Crippen molar-refractivity contribution in [2.45, 2.75) is 0 Å². The second kappa shape index (κ2) is 8.04. The van der Waals surface area contributed by atoms with E-state index in [1.165, 1.54) is 12.1 Å². The van der Waals surface area contributed by atoms with E-state index >= 15 is 0 Å². The Morgan fingerprint density at radius 3 is 2.32 bits per heavy atom. The van der Waals surface area contributed by atoms with Crippen LogP contribution in [0.25, 0.3) is 0 Å². The summed E-state index contributed by atoms with van der Waals surface area (Å²) < 4.78 is 5.63. The van der Waals surface area contributed by atoms with Crippen LogP contribution in [0.4, 0.5) is 0 Å². The van der Waals surface area contributed by atoms with Gasteiger partial charge in [-0.3, -0.25) is 0 Å². The quantitative estimate of drug-likeness (QED) is 0.799. The van der Waals surface area contributed by atoms with Crippen LogP contribution in [0, 0.1) is 0 Å². The fourth-order valence-electron chi connectivity index (χ4n) is 0.729. The maximum absolute atomic E-state index is 10.0. The Morgan fingerprint density at radius 2 is 1.95 bits per heavy atom. The highest BCUT2D eigenvalue weighted by Gasteiger charge is 2.01. The number of quaternary nitrogens is 1. The Labute approximate surface area is 123 Å². The molecule has 0 N–H and O–H groups in total. The predicted octanol–water partition coefficient (Wildman–Crippen LogP) is 1.96. The Kier molecular flexibility index (Phi) is 7.52. The molecule has 0 saturated heterocycles. The third-order valence-corrected chi connectivity index (χ3v) is 2.32. The Bertz CT molecular complexity index is 442. The number of nitrogens with zero attached hydrogens (tertiary/aromatic N) is 1. The topological polar surface area (TPSA) is 49.4 Å². The summed E-state index contributed by atoms with van der Waals surface area (Å²) in [5.41, 5.74) is 0. The summed E-state index contributed by atoms with van der Waals surface area (Å²) >= 11 is 11.3. The standard InChI is InChI=1S/C8H6Cl2O3.C5H12N/c9-5-1-2-7(6(10)3-5)13-4-8(11)12;1-5-6(2,3)4/h1-3H,4H2,(H,11,12);5H,1H2,2-4H3/q;+1/p-1. The normalized spacial score (nSPS) is 10.2. The summed E-state index contributed by atoms with van der Waals surface area (Å²) in [4.78, 5) is 10.0. The van der Waals surface area contributed by atoms with E-state index < -0.39 is 12.6 Å². The number of ether oxygens (including phenoxy) is 1. The molecule has 19 heavy (non-hydrogen) atoms. The average Bonchev–Trinajstić information content (AvgIpc) is 2.27. The first-order chi connectivity index (χ1) is 8.65. The number of carbonyl (C=O) groups excluding carboxylic acids is 1. The summed E-state index contributed by atoms with van der Waals surface area (Å²) in [6.45, 7) is 3.08. The fraction of sp³-hybridized carbons (Fsp3) is 0.308. The second-order valence-electron chi connectivity index (χ2n) is 4.53. The molecule has 0 saturated carbocycles. The second-order valence-corrected chi connectivity index (χ2v) is 5.38. The molecule has 0 aliphatic carbocycles. The van der Waals surface area contributed by atoms with Gasteiger partial charge >= 0.3 is 0 Å². The molecule has 0 atom stereocenters. The molecule has 0 aromatic heterocycles. The molecule has 0 bridgehead atoms. The molecule has 0 amide bonds. The van der Waals surface area contributed by atoms with Crippen LogP contribution >= 0.6 is 23.2 Å². The van der Waals surface area contributed by atoms with Crippen molar-refractivity contribution >= 4 is 29.2 Å². The van der Waals surface area contributed by atoms with Gasteiger partial charge in [0.2, 0.25) is 0 Å². The first kappa shape index (κ1) is 17.8. The summed E-state index contributed by atoms with van der Waals surface area (Å²) in [6, 6.07) is 4.51. The van der Waals surface area contributed by atoms with E-state index in [1.807, 2.05) is 6.20 Å². The lowest BCUT2D eigenvalue weighted by atomic mass is 10.3. The third kappa shape index (κ3) is 9.36. The minimum absolute atomic E-state index is 0.272. The van der Waals surface area contributed by atoms with E-state index in [1.54, 1.807) is 6.07 Å². The van der Waals surface area contributed by atoms with E-state index in [-0.39, 0.29) is 10.8 Å². The summed E-state index contributed by atoms with van der Waals surface area (Å²) in [6.07, 6.45) is 1.88. The molecule has 4 nitrogen and oxygen atoms in total. The van der Waals surface area contributed by atoms with Gasteiger partial charge < -0.3 is 19.1 Å². The van der Waals surface area contributed by atoms with Crippen molar-refractivity contribution in [3.8, 4) is 5.75 Å². The Hall–Kier alpha value is -1.23. The van der Waals surface area contributed by atoms with E-state index in [9.17, 15) is 9.90 Å². The fourth-order valence-corrected chi connectivity index (χ4v) is 1.19. The average molecular weight is 306 g/mol. The monoisotopic (exact) mass is 305 g/mol. The van der Waals surface area contributed by atoms with Gasteiger partial charge in [0.05, 0.1) is 38.3 Å². The molecular formula is C13H17Cl2NO3. The Morgan fingerprint density at radius 1 is 1.42 bits per heavy atom. The lowest BCUT2D eigenvalue weighted by Crippen LogP contribution is -2.28. The first-order valence-corrected chi connectivity index (χ1v) is 6.13. The highest BCUT2D eigenvalue weighted by atomic mass is 35.5. The zero-order valence-corrected chi connectivity index (χ0v) is 12.7. The van der Waals surface area contributed by atoms with Crippen molar-refractivity contribution in [1.29, 1.82) is 0 Å². The highest BCUT2D eigenvalue weighted by Crippen LogP contribution is 2.27. The van der Waals surface area contributed by atoms with Crippen molar-refractivity contribution in [3.63, 3.8) is 0 Å². The molecule has 0 aliphatic rings. The van der Waals surface area contributed by atoms with Crippen molar-refractivity contribution in [1.82, 2.24) is 0 Å². The molecule has 0 radical (unpaired) electrons. The van der Waals surface area contributed by atoms with Gasteiger partial charge in [-0.15, -0.1) is 0 Å². The lowest BCUT2D eigenvalue weighted by Gasteiger charge is -2.15. The number of benzene rings is 1. The smallest absolute Gasteiger partial charge is 0.138 e. The van der Waals surface area contributed by atoms with Crippen LogP contribution in [0.1, 0.15) is 0 Å². The van der Waals surface area contributed by atoms with Crippen LogP contribution in [-0.4, -0.2) is 38.2 Å². The van der Waals surface area contributed by atoms with Gasteiger partial charge in [0.15, 0.2) is 0 Å². The number of rotatable bonds is 4. The van der Waals surface area contributed by atoms with Crippen LogP contribution in [-0.2, 0) is 4.79 Å². The minimum Gasteiger partial charge on any atom is -0.546 e. The van der Waals surface area contributed by atoms with E-state index in [2.05, 4.69) is 27.7 Å². The minimum atomic E-state index is -1.30. The van der Waals surface area contributed by atoms with E-state index in [4.69, 9.17) is 27.9 Å². The van der Waals surface area contributed by atoms with Crippen LogP contribution < -0.4 is 9.84 Å². The molecule has 1 aromatic carbocycles. The van der Waals surface area contributed by atoms with Gasteiger partial charge in [0.25, 0.3) is 0 Å². The number of hydrogen-bond acceptors (Lipinski definition) is 3. The molecule has 6 heteroatoms. The van der Waals surface area contributed by atoms with Crippen LogP contribution in [0.5, 0.6) is 5.75 Å². The van der Waals surface area contributed by atoms with Crippen LogP contribution in [0.2, 0.25) is 10.0 Å². The molecule has 0 unspecified atom stereocenters.